The summed E-state index contributed by atoms with van der Waals surface area (Å²) in [4.78, 5) is 37.0. The van der Waals surface area contributed by atoms with Crippen LogP contribution in [0.5, 0.6) is 0 Å². The molecule has 1 aromatic carbocycles. The van der Waals surface area contributed by atoms with Gasteiger partial charge in [-0.25, -0.2) is 4.79 Å². The Bertz CT molecular complexity index is 694. The predicted octanol–water partition coefficient (Wildman–Crippen LogP) is 2.92. The van der Waals surface area contributed by atoms with Crippen molar-refractivity contribution in [2.45, 2.75) is 34.1 Å². The standard InChI is InChI=1S/C18H25N3O4/c1-11-5-6-13(19-16(24)18(2,3)4)9-14(11)20-17(25)21-8-7-12(10-21)15(22)23/h5-6,9,12H,7-8,10H2,1-4H3,(H,19,24)(H,20,25)(H,22,23). The summed E-state index contributed by atoms with van der Waals surface area (Å²) in [5.41, 5.74) is 1.53. The number of nitrogens with zero attached hydrogens (tertiary/aromatic N) is 1. The van der Waals surface area contributed by atoms with Crippen LogP contribution in [0.15, 0.2) is 18.2 Å². The van der Waals surface area contributed by atoms with Crippen molar-refractivity contribution in [3.63, 3.8) is 0 Å². The van der Waals surface area contributed by atoms with Gasteiger partial charge in [0.1, 0.15) is 0 Å². The van der Waals surface area contributed by atoms with E-state index < -0.39 is 17.3 Å². The number of carboxylic acids is 1. The molecule has 0 aromatic heterocycles. The number of rotatable bonds is 3. The predicted molar refractivity (Wildman–Crippen MR) is 95.6 cm³/mol. The number of carboxylic acid groups (broad SMARTS) is 1. The van der Waals surface area contributed by atoms with E-state index in [9.17, 15) is 14.4 Å². The van der Waals surface area contributed by atoms with E-state index in [0.29, 0.717) is 24.3 Å². The van der Waals surface area contributed by atoms with Crippen molar-refractivity contribution in [2.75, 3.05) is 23.7 Å². The average Bonchev–Trinajstić information content (AvgIpc) is 3.00. The Hall–Kier alpha value is -2.57. The van der Waals surface area contributed by atoms with Crippen LogP contribution >= 0.6 is 0 Å². The lowest BCUT2D eigenvalue weighted by molar-refractivity contribution is -0.141. The number of carbonyl (C=O) groups excluding carboxylic acids is 2. The zero-order chi connectivity index (χ0) is 18.8. The van der Waals surface area contributed by atoms with Crippen LogP contribution in [0, 0.1) is 18.3 Å². The molecule has 1 aliphatic rings. The van der Waals surface area contributed by atoms with E-state index >= 15 is 0 Å². The molecule has 7 heteroatoms. The first-order chi connectivity index (χ1) is 11.6. The molecule has 2 rings (SSSR count). The molecule has 3 N–H and O–H groups in total. The van der Waals surface area contributed by atoms with Crippen molar-refractivity contribution >= 4 is 29.3 Å². The monoisotopic (exact) mass is 347 g/mol. The van der Waals surface area contributed by atoms with Crippen LogP contribution in [-0.4, -0.2) is 41.0 Å². The maximum absolute atomic E-state index is 12.4. The number of amides is 3. The highest BCUT2D eigenvalue weighted by atomic mass is 16.4. The van der Waals surface area contributed by atoms with Gasteiger partial charge < -0.3 is 20.6 Å². The summed E-state index contributed by atoms with van der Waals surface area (Å²) in [6.07, 6.45) is 0.462. The highest BCUT2D eigenvalue weighted by molar-refractivity contribution is 5.96. The van der Waals surface area contributed by atoms with Crippen molar-refractivity contribution in [1.82, 2.24) is 4.90 Å². The molecule has 0 spiro atoms. The summed E-state index contributed by atoms with van der Waals surface area (Å²) in [5, 5.41) is 14.7. The van der Waals surface area contributed by atoms with Gasteiger partial charge in [-0.3, -0.25) is 9.59 Å². The van der Waals surface area contributed by atoms with Gasteiger partial charge >= 0.3 is 12.0 Å². The number of urea groups is 1. The van der Waals surface area contributed by atoms with Crippen molar-refractivity contribution in [3.8, 4) is 0 Å². The molecule has 1 saturated heterocycles. The van der Waals surface area contributed by atoms with E-state index in [1.807, 2.05) is 33.8 Å². The molecule has 0 aliphatic carbocycles. The summed E-state index contributed by atoms with van der Waals surface area (Å²) in [6, 6.07) is 4.98. The van der Waals surface area contributed by atoms with Crippen LogP contribution in [0.3, 0.4) is 0 Å². The first-order valence-corrected chi connectivity index (χ1v) is 8.29. The Morgan fingerprint density at radius 3 is 2.44 bits per heavy atom. The van der Waals surface area contributed by atoms with E-state index in [1.165, 1.54) is 4.90 Å². The topological polar surface area (TPSA) is 98.7 Å². The summed E-state index contributed by atoms with van der Waals surface area (Å²) in [7, 11) is 0. The quantitative estimate of drug-likeness (QED) is 0.783. The zero-order valence-corrected chi connectivity index (χ0v) is 15.0. The van der Waals surface area contributed by atoms with Crippen molar-refractivity contribution in [3.05, 3.63) is 23.8 Å². The van der Waals surface area contributed by atoms with Crippen LogP contribution in [0.25, 0.3) is 0 Å². The molecule has 1 aliphatic heterocycles. The molecular weight excluding hydrogens is 322 g/mol. The molecule has 1 atom stereocenters. The van der Waals surface area contributed by atoms with Gasteiger partial charge in [-0.05, 0) is 31.0 Å². The first-order valence-electron chi connectivity index (χ1n) is 8.29. The second-order valence-corrected chi connectivity index (χ2v) is 7.43. The van der Waals surface area contributed by atoms with Gasteiger partial charge in [-0.1, -0.05) is 26.8 Å². The first kappa shape index (κ1) is 18.8. The Balaban J connectivity index is 2.07. The van der Waals surface area contributed by atoms with Crippen LogP contribution in [0.2, 0.25) is 0 Å². The number of likely N-dealkylation sites (tertiary alicyclic amines) is 1. The van der Waals surface area contributed by atoms with Gasteiger partial charge in [0, 0.05) is 29.9 Å². The fraction of sp³-hybridized carbons (Fsp3) is 0.500. The number of anilines is 2. The maximum atomic E-state index is 12.4. The zero-order valence-electron chi connectivity index (χ0n) is 15.0. The fourth-order valence-electron chi connectivity index (χ4n) is 2.49. The van der Waals surface area contributed by atoms with Gasteiger partial charge in [0.2, 0.25) is 5.91 Å². The van der Waals surface area contributed by atoms with Crippen LogP contribution in [0.4, 0.5) is 16.2 Å². The van der Waals surface area contributed by atoms with E-state index in [-0.39, 0.29) is 18.5 Å². The lowest BCUT2D eigenvalue weighted by Gasteiger charge is -2.20. The van der Waals surface area contributed by atoms with E-state index in [4.69, 9.17) is 5.11 Å². The van der Waals surface area contributed by atoms with Crippen LogP contribution < -0.4 is 10.6 Å². The van der Waals surface area contributed by atoms with Gasteiger partial charge in [-0.2, -0.15) is 0 Å². The third-order valence-electron chi connectivity index (χ3n) is 4.24. The highest BCUT2D eigenvalue weighted by Crippen LogP contribution is 2.24. The molecule has 1 unspecified atom stereocenters. The smallest absolute Gasteiger partial charge is 0.321 e. The minimum absolute atomic E-state index is 0.113. The summed E-state index contributed by atoms with van der Waals surface area (Å²) >= 11 is 0. The lowest BCUT2D eigenvalue weighted by atomic mass is 9.95. The fourth-order valence-corrected chi connectivity index (χ4v) is 2.49. The molecule has 7 nitrogen and oxygen atoms in total. The minimum atomic E-state index is -0.877. The number of nitrogens with one attached hydrogen (secondary N) is 2. The summed E-state index contributed by atoms with van der Waals surface area (Å²) in [6.45, 7) is 7.96. The number of benzene rings is 1. The average molecular weight is 347 g/mol. The number of hydrogen-bond acceptors (Lipinski definition) is 3. The minimum Gasteiger partial charge on any atom is -0.481 e. The molecule has 3 amide bonds. The SMILES string of the molecule is Cc1ccc(NC(=O)C(C)(C)C)cc1NC(=O)N1CCC(C(=O)O)C1. The Labute approximate surface area is 147 Å². The maximum Gasteiger partial charge on any atom is 0.321 e. The second kappa shape index (κ2) is 7.13. The molecule has 0 bridgehead atoms. The van der Waals surface area contributed by atoms with Crippen LogP contribution in [0.1, 0.15) is 32.8 Å². The molecule has 1 aromatic rings. The van der Waals surface area contributed by atoms with Gasteiger partial charge in [0.15, 0.2) is 0 Å². The molecule has 25 heavy (non-hydrogen) atoms. The molecule has 1 fully saturated rings. The van der Waals surface area contributed by atoms with Crippen molar-refractivity contribution in [2.24, 2.45) is 11.3 Å². The number of carbonyl (C=O) groups is 3. The summed E-state index contributed by atoms with van der Waals surface area (Å²) in [5.74, 6) is -1.50. The second-order valence-electron chi connectivity index (χ2n) is 7.43. The molecule has 136 valence electrons. The number of aryl methyl sites for hydroxylation is 1. The van der Waals surface area contributed by atoms with Gasteiger partial charge in [-0.15, -0.1) is 0 Å². The third kappa shape index (κ3) is 4.71. The lowest BCUT2D eigenvalue weighted by Crippen LogP contribution is -2.34. The van der Waals surface area contributed by atoms with Crippen LogP contribution in [-0.2, 0) is 9.59 Å². The van der Waals surface area contributed by atoms with Gasteiger partial charge in [0.25, 0.3) is 0 Å². The summed E-state index contributed by atoms with van der Waals surface area (Å²) < 4.78 is 0. The number of aliphatic carboxylic acids is 1. The largest absolute Gasteiger partial charge is 0.481 e. The Morgan fingerprint density at radius 2 is 1.88 bits per heavy atom. The molecule has 1 heterocycles. The van der Waals surface area contributed by atoms with Crippen molar-refractivity contribution in [1.29, 1.82) is 0 Å². The van der Waals surface area contributed by atoms with E-state index in [2.05, 4.69) is 10.6 Å². The Morgan fingerprint density at radius 1 is 1.20 bits per heavy atom. The van der Waals surface area contributed by atoms with E-state index in [1.54, 1.807) is 12.1 Å². The molecule has 0 radical (unpaired) electrons. The van der Waals surface area contributed by atoms with Gasteiger partial charge in [0.05, 0.1) is 5.92 Å². The Kier molecular flexibility index (Phi) is 5.35. The molecular formula is C18H25N3O4. The third-order valence-corrected chi connectivity index (χ3v) is 4.24. The normalized spacial score (nSPS) is 17.3. The van der Waals surface area contributed by atoms with Crippen molar-refractivity contribution < 1.29 is 19.5 Å². The highest BCUT2D eigenvalue weighted by Gasteiger charge is 2.31. The van der Waals surface area contributed by atoms with E-state index in [0.717, 1.165) is 5.56 Å². The number of hydrogen-bond donors (Lipinski definition) is 3. The molecule has 0 saturated carbocycles.